The molecule has 0 saturated heterocycles. The molecule has 2 N–H and O–H groups in total. The van der Waals surface area contributed by atoms with E-state index in [2.05, 4.69) is 25.7 Å². The van der Waals surface area contributed by atoms with E-state index in [9.17, 15) is 13.2 Å². The Morgan fingerprint density at radius 3 is 2.68 bits per heavy atom. The quantitative estimate of drug-likeness (QED) is 0.760. The number of alkyl halides is 3. The molecule has 3 aliphatic rings. The van der Waals surface area contributed by atoms with Crippen molar-refractivity contribution in [3.8, 4) is 5.75 Å². The number of anilines is 3. The average Bonchev–Trinajstić information content (AvgIpc) is 2.84. The number of halogens is 3. The summed E-state index contributed by atoms with van der Waals surface area (Å²) in [5.41, 5.74) is -0.0996. The van der Waals surface area contributed by atoms with Crippen molar-refractivity contribution >= 4 is 17.6 Å². The topological polar surface area (TPSA) is 76.9 Å². The van der Waals surface area contributed by atoms with E-state index in [4.69, 9.17) is 4.74 Å². The Balaban J connectivity index is 1.60. The molecule has 0 spiro atoms. The second kappa shape index (κ2) is 6.25. The Morgan fingerprint density at radius 1 is 1.21 bits per heavy atom. The van der Waals surface area contributed by atoms with Crippen molar-refractivity contribution in [2.75, 3.05) is 17.2 Å². The molecule has 0 amide bonds. The summed E-state index contributed by atoms with van der Waals surface area (Å²) in [5.74, 6) is 1.28. The van der Waals surface area contributed by atoms with Crippen LogP contribution in [0.1, 0.15) is 49.4 Å². The highest BCUT2D eigenvalue weighted by atomic mass is 19.4. The van der Waals surface area contributed by atoms with E-state index in [0.29, 0.717) is 18.2 Å². The number of nitrogens with zero attached hydrogens (tertiary/aromatic N) is 4. The van der Waals surface area contributed by atoms with Crippen molar-refractivity contribution < 1.29 is 17.9 Å². The van der Waals surface area contributed by atoms with Crippen LogP contribution in [0.4, 0.5) is 30.8 Å². The van der Waals surface area contributed by atoms with Gasteiger partial charge >= 0.3 is 6.18 Å². The van der Waals surface area contributed by atoms with Gasteiger partial charge in [-0.05, 0) is 39.0 Å². The first-order valence-electron chi connectivity index (χ1n) is 9.60. The Hall–Kier alpha value is -2.52. The molecule has 10 heteroatoms. The summed E-state index contributed by atoms with van der Waals surface area (Å²) in [6.45, 7) is 2.30. The first kappa shape index (κ1) is 17.6. The molecule has 3 heterocycles. The molecule has 2 fully saturated rings. The van der Waals surface area contributed by atoms with E-state index in [0.717, 1.165) is 44.0 Å². The molecular formula is C18H21F3N6O. The third-order valence-electron chi connectivity index (χ3n) is 5.96. The van der Waals surface area contributed by atoms with Crippen LogP contribution >= 0.6 is 0 Å². The normalized spacial score (nSPS) is 24.3. The molecule has 2 aromatic rings. The van der Waals surface area contributed by atoms with Crippen LogP contribution in [0.25, 0.3) is 0 Å². The highest BCUT2D eigenvalue weighted by Gasteiger charge is 2.39. The number of fused-ring (bicyclic) bond motifs is 4. The molecule has 2 saturated carbocycles. The maximum Gasteiger partial charge on any atom is 0.421 e. The molecule has 2 atom stereocenters. The molecule has 1 aliphatic heterocycles. The predicted octanol–water partition coefficient (Wildman–Crippen LogP) is 4.05. The largest absolute Gasteiger partial charge is 0.487 e. The van der Waals surface area contributed by atoms with E-state index in [-0.39, 0.29) is 29.8 Å². The van der Waals surface area contributed by atoms with Gasteiger partial charge in [-0.15, -0.1) is 0 Å². The third kappa shape index (κ3) is 2.85. The van der Waals surface area contributed by atoms with Crippen LogP contribution in [-0.2, 0) is 6.18 Å². The lowest BCUT2D eigenvalue weighted by molar-refractivity contribution is -0.137. The summed E-state index contributed by atoms with van der Waals surface area (Å²) in [6, 6.07) is 0.152. The Bertz CT molecular complexity index is 907. The lowest BCUT2D eigenvalue weighted by atomic mass is 9.80. The summed E-state index contributed by atoms with van der Waals surface area (Å²) < 4.78 is 48.2. The number of aryl methyl sites for hydroxylation is 1. The molecule has 7 nitrogen and oxygen atoms in total. The first-order valence-corrected chi connectivity index (χ1v) is 9.60. The van der Waals surface area contributed by atoms with Crippen molar-refractivity contribution in [1.82, 2.24) is 19.7 Å². The van der Waals surface area contributed by atoms with Gasteiger partial charge in [0.15, 0.2) is 11.6 Å². The van der Waals surface area contributed by atoms with E-state index in [1.165, 1.54) is 0 Å². The molecule has 0 radical (unpaired) electrons. The van der Waals surface area contributed by atoms with Gasteiger partial charge in [-0.2, -0.15) is 23.3 Å². The summed E-state index contributed by atoms with van der Waals surface area (Å²) in [7, 11) is 0. The predicted molar refractivity (Wildman–Crippen MR) is 95.8 cm³/mol. The molecule has 2 bridgehead atoms. The number of ether oxygens (including phenoxy) is 1. The van der Waals surface area contributed by atoms with Crippen LogP contribution in [0.5, 0.6) is 5.75 Å². The maximum atomic E-state index is 13.4. The lowest BCUT2D eigenvalue weighted by Gasteiger charge is -2.37. The van der Waals surface area contributed by atoms with E-state index < -0.39 is 11.7 Å². The fourth-order valence-corrected chi connectivity index (χ4v) is 3.90. The van der Waals surface area contributed by atoms with Gasteiger partial charge in [0, 0.05) is 18.2 Å². The Morgan fingerprint density at radius 2 is 2.04 bits per heavy atom. The van der Waals surface area contributed by atoms with Crippen LogP contribution in [-0.4, -0.2) is 32.4 Å². The molecule has 2 aliphatic carbocycles. The van der Waals surface area contributed by atoms with Crippen LogP contribution in [0.2, 0.25) is 0 Å². The fraction of sp³-hybridized carbons (Fsp3) is 0.611. The number of rotatable bonds is 1. The standard InChI is InChI=1S/C18H21F3N6O/c1-9-14-16(27(26-9)11-3-2-4-11)25-17-22-7-12(18(19,20)21)15(24-17)23-13-6-5-10(13)8-28-14/h7,10-11,13H,2-6,8H2,1H3,(H2,22,23,24,25)/t10?,13-/m1/s1. The summed E-state index contributed by atoms with van der Waals surface area (Å²) in [4.78, 5) is 8.08. The molecule has 28 heavy (non-hydrogen) atoms. The molecule has 5 rings (SSSR count). The molecular weight excluding hydrogens is 373 g/mol. The third-order valence-corrected chi connectivity index (χ3v) is 5.96. The van der Waals surface area contributed by atoms with Gasteiger partial charge in [-0.1, -0.05) is 0 Å². The summed E-state index contributed by atoms with van der Waals surface area (Å²) in [6.07, 6.45) is 1.16. The van der Waals surface area contributed by atoms with Crippen LogP contribution in [0.15, 0.2) is 6.20 Å². The minimum absolute atomic E-state index is 0.0959. The zero-order valence-corrected chi connectivity index (χ0v) is 15.4. The highest BCUT2D eigenvalue weighted by Crippen LogP contribution is 2.42. The van der Waals surface area contributed by atoms with Crippen LogP contribution < -0.4 is 15.4 Å². The Labute approximate surface area is 159 Å². The van der Waals surface area contributed by atoms with Crippen molar-refractivity contribution in [3.63, 3.8) is 0 Å². The molecule has 2 aromatic heterocycles. The van der Waals surface area contributed by atoms with E-state index >= 15 is 0 Å². The van der Waals surface area contributed by atoms with Crippen LogP contribution in [0, 0.1) is 12.8 Å². The zero-order valence-electron chi connectivity index (χ0n) is 15.4. The monoisotopic (exact) mass is 394 g/mol. The van der Waals surface area contributed by atoms with Gasteiger partial charge in [0.2, 0.25) is 5.95 Å². The van der Waals surface area contributed by atoms with E-state index in [1.807, 2.05) is 11.6 Å². The summed E-state index contributed by atoms with van der Waals surface area (Å²) >= 11 is 0. The van der Waals surface area contributed by atoms with Crippen molar-refractivity contribution in [2.24, 2.45) is 5.92 Å². The molecule has 1 unspecified atom stereocenters. The lowest BCUT2D eigenvalue weighted by Crippen LogP contribution is -2.42. The number of nitrogens with one attached hydrogen (secondary N) is 2. The summed E-state index contributed by atoms with van der Waals surface area (Å²) in [5, 5.41) is 10.7. The van der Waals surface area contributed by atoms with Crippen molar-refractivity contribution in [2.45, 2.75) is 57.3 Å². The minimum atomic E-state index is -4.52. The van der Waals surface area contributed by atoms with Gasteiger partial charge in [0.05, 0.1) is 12.6 Å². The minimum Gasteiger partial charge on any atom is -0.487 e. The van der Waals surface area contributed by atoms with Crippen molar-refractivity contribution in [3.05, 3.63) is 17.5 Å². The average molecular weight is 394 g/mol. The number of hydrogen-bond acceptors (Lipinski definition) is 6. The fourth-order valence-electron chi connectivity index (χ4n) is 3.90. The number of hydrogen-bond donors (Lipinski definition) is 2. The second-order valence-corrected chi connectivity index (χ2v) is 7.77. The van der Waals surface area contributed by atoms with Gasteiger partial charge in [0.25, 0.3) is 0 Å². The molecule has 0 aromatic carbocycles. The SMILES string of the molecule is Cc1nn(C2CCC2)c2c1OCC1CC[C@H]1Nc1nc(ncc1C(F)(F)F)N2. The van der Waals surface area contributed by atoms with Gasteiger partial charge in [0.1, 0.15) is 17.1 Å². The van der Waals surface area contributed by atoms with Crippen molar-refractivity contribution in [1.29, 1.82) is 0 Å². The highest BCUT2D eigenvalue weighted by molar-refractivity contribution is 5.62. The zero-order chi connectivity index (χ0) is 19.5. The van der Waals surface area contributed by atoms with Gasteiger partial charge in [-0.3, -0.25) is 0 Å². The Kier molecular flexibility index (Phi) is 3.92. The number of aromatic nitrogens is 4. The first-order chi connectivity index (χ1) is 13.4. The second-order valence-electron chi connectivity index (χ2n) is 7.77. The van der Waals surface area contributed by atoms with Crippen LogP contribution in [0.3, 0.4) is 0 Å². The van der Waals surface area contributed by atoms with E-state index in [1.54, 1.807) is 0 Å². The van der Waals surface area contributed by atoms with Gasteiger partial charge in [-0.25, -0.2) is 9.67 Å². The smallest absolute Gasteiger partial charge is 0.421 e. The maximum absolute atomic E-state index is 13.4. The molecule has 150 valence electrons. The van der Waals surface area contributed by atoms with Gasteiger partial charge < -0.3 is 15.4 Å².